The van der Waals surface area contributed by atoms with Crippen LogP contribution in [0.4, 0.5) is 0 Å². The minimum absolute atomic E-state index is 0.627. The second kappa shape index (κ2) is 6.16. The van der Waals surface area contributed by atoms with Crippen LogP contribution in [0.2, 0.25) is 0 Å². The molecule has 0 atom stereocenters. The molecule has 2 aromatic carbocycles. The van der Waals surface area contributed by atoms with Gasteiger partial charge >= 0.3 is 0 Å². The van der Waals surface area contributed by atoms with Crippen LogP contribution in [0.1, 0.15) is 5.56 Å². The maximum absolute atomic E-state index is 5.50. The fourth-order valence-electron chi connectivity index (χ4n) is 2.74. The van der Waals surface area contributed by atoms with Crippen molar-refractivity contribution in [3.8, 4) is 28.5 Å². The van der Waals surface area contributed by atoms with E-state index in [0.29, 0.717) is 17.2 Å². The third kappa shape index (κ3) is 2.57. The van der Waals surface area contributed by atoms with E-state index in [1.165, 1.54) is 5.56 Å². The molecule has 4 heteroatoms. The lowest BCUT2D eigenvalue weighted by Gasteiger charge is -2.14. The number of hydrogen-bond donors (Lipinski definition) is 0. The highest BCUT2D eigenvalue weighted by Gasteiger charge is 2.16. The fourth-order valence-corrected chi connectivity index (χ4v) is 2.74. The van der Waals surface area contributed by atoms with Crippen LogP contribution in [0.5, 0.6) is 17.2 Å². The summed E-state index contributed by atoms with van der Waals surface area (Å²) in [5.74, 6) is 1.95. The smallest absolute Gasteiger partial charge is 0.170 e. The van der Waals surface area contributed by atoms with Gasteiger partial charge in [0.1, 0.15) is 11.3 Å². The number of ether oxygens (including phenoxy) is 3. The first-order valence-corrected chi connectivity index (χ1v) is 7.35. The van der Waals surface area contributed by atoms with Gasteiger partial charge in [-0.25, -0.2) is 4.98 Å². The van der Waals surface area contributed by atoms with E-state index in [1.54, 1.807) is 27.4 Å². The minimum atomic E-state index is 0.627. The van der Waals surface area contributed by atoms with Gasteiger partial charge in [-0.1, -0.05) is 24.3 Å². The van der Waals surface area contributed by atoms with E-state index < -0.39 is 0 Å². The monoisotopic (exact) mass is 309 g/mol. The summed E-state index contributed by atoms with van der Waals surface area (Å²) in [6.07, 6.45) is 0. The molecule has 23 heavy (non-hydrogen) atoms. The van der Waals surface area contributed by atoms with Gasteiger partial charge in [-0.3, -0.25) is 0 Å². The van der Waals surface area contributed by atoms with Crippen molar-refractivity contribution >= 4 is 10.9 Å². The van der Waals surface area contributed by atoms with Gasteiger partial charge in [0.15, 0.2) is 11.5 Å². The number of fused-ring (bicyclic) bond motifs is 1. The van der Waals surface area contributed by atoms with Crippen LogP contribution in [0.25, 0.3) is 22.2 Å². The zero-order chi connectivity index (χ0) is 16.4. The highest BCUT2D eigenvalue weighted by Crippen LogP contribution is 2.41. The first-order valence-electron chi connectivity index (χ1n) is 7.35. The summed E-state index contributed by atoms with van der Waals surface area (Å²) in [6.45, 7) is 2.08. The SMILES string of the molecule is COc1cc(OC)c2nc(-c3ccccc3C)ccc2c1OC. The zero-order valence-electron chi connectivity index (χ0n) is 13.7. The van der Waals surface area contributed by atoms with Crippen molar-refractivity contribution in [2.75, 3.05) is 21.3 Å². The van der Waals surface area contributed by atoms with Crippen LogP contribution < -0.4 is 14.2 Å². The Kier molecular flexibility index (Phi) is 4.06. The molecule has 0 bridgehead atoms. The number of nitrogens with zero attached hydrogens (tertiary/aromatic N) is 1. The highest BCUT2D eigenvalue weighted by molar-refractivity contribution is 5.94. The van der Waals surface area contributed by atoms with E-state index in [2.05, 4.69) is 19.1 Å². The molecule has 3 aromatic rings. The van der Waals surface area contributed by atoms with Crippen LogP contribution >= 0.6 is 0 Å². The van der Waals surface area contributed by atoms with E-state index >= 15 is 0 Å². The molecule has 1 aromatic heterocycles. The number of benzene rings is 2. The van der Waals surface area contributed by atoms with Gasteiger partial charge in [0.25, 0.3) is 0 Å². The van der Waals surface area contributed by atoms with E-state index in [4.69, 9.17) is 19.2 Å². The maximum Gasteiger partial charge on any atom is 0.170 e. The van der Waals surface area contributed by atoms with Gasteiger partial charge in [-0.15, -0.1) is 0 Å². The average molecular weight is 309 g/mol. The Morgan fingerprint density at radius 1 is 0.826 bits per heavy atom. The van der Waals surface area contributed by atoms with Gasteiger partial charge in [0.05, 0.1) is 27.0 Å². The third-order valence-corrected chi connectivity index (χ3v) is 3.92. The van der Waals surface area contributed by atoms with Crippen LogP contribution in [0.3, 0.4) is 0 Å². The van der Waals surface area contributed by atoms with Crippen molar-refractivity contribution in [1.82, 2.24) is 4.98 Å². The van der Waals surface area contributed by atoms with Crippen LogP contribution in [0, 0.1) is 6.92 Å². The quantitative estimate of drug-likeness (QED) is 0.723. The van der Waals surface area contributed by atoms with Gasteiger partial charge in [-0.2, -0.15) is 0 Å². The summed E-state index contributed by atoms with van der Waals surface area (Å²) in [6, 6.07) is 14.0. The van der Waals surface area contributed by atoms with Crippen molar-refractivity contribution < 1.29 is 14.2 Å². The van der Waals surface area contributed by atoms with Crippen molar-refractivity contribution in [2.24, 2.45) is 0 Å². The second-order valence-electron chi connectivity index (χ2n) is 5.22. The highest BCUT2D eigenvalue weighted by atomic mass is 16.5. The van der Waals surface area contributed by atoms with Crippen LogP contribution in [0.15, 0.2) is 42.5 Å². The average Bonchev–Trinajstić information content (AvgIpc) is 2.60. The molecule has 0 saturated heterocycles. The molecule has 0 N–H and O–H groups in total. The van der Waals surface area contributed by atoms with Crippen LogP contribution in [-0.2, 0) is 0 Å². The number of aromatic nitrogens is 1. The van der Waals surface area contributed by atoms with Gasteiger partial charge in [-0.05, 0) is 24.6 Å². The summed E-state index contributed by atoms with van der Waals surface area (Å²) in [7, 11) is 4.86. The van der Waals surface area contributed by atoms with Crippen molar-refractivity contribution in [2.45, 2.75) is 6.92 Å². The lowest BCUT2D eigenvalue weighted by atomic mass is 10.0. The lowest BCUT2D eigenvalue weighted by Crippen LogP contribution is -1.97. The number of rotatable bonds is 4. The van der Waals surface area contributed by atoms with E-state index in [0.717, 1.165) is 22.2 Å². The minimum Gasteiger partial charge on any atom is -0.494 e. The molecule has 0 saturated carbocycles. The molecule has 0 fully saturated rings. The number of hydrogen-bond acceptors (Lipinski definition) is 4. The summed E-state index contributed by atoms with van der Waals surface area (Å²) in [5.41, 5.74) is 3.94. The Labute approximate surface area is 135 Å². The molecular weight excluding hydrogens is 290 g/mol. The first-order chi connectivity index (χ1) is 11.2. The third-order valence-electron chi connectivity index (χ3n) is 3.92. The molecule has 0 unspecified atom stereocenters. The van der Waals surface area contributed by atoms with E-state index in [1.807, 2.05) is 24.3 Å². The Hall–Kier alpha value is -2.75. The van der Waals surface area contributed by atoms with Crippen molar-refractivity contribution in [3.05, 3.63) is 48.0 Å². The molecular formula is C19H19NO3. The summed E-state index contributed by atoms with van der Waals surface area (Å²) in [4.78, 5) is 4.80. The Morgan fingerprint density at radius 2 is 1.57 bits per heavy atom. The predicted molar refractivity (Wildman–Crippen MR) is 91.6 cm³/mol. The predicted octanol–water partition coefficient (Wildman–Crippen LogP) is 4.24. The van der Waals surface area contributed by atoms with Crippen molar-refractivity contribution in [3.63, 3.8) is 0 Å². The Balaban J connectivity index is 2.29. The molecule has 0 aliphatic carbocycles. The molecule has 1 heterocycles. The number of methoxy groups -OCH3 is 3. The second-order valence-corrected chi connectivity index (χ2v) is 5.22. The van der Waals surface area contributed by atoms with Gasteiger partial charge in [0.2, 0.25) is 0 Å². The fraction of sp³-hybridized carbons (Fsp3) is 0.211. The van der Waals surface area contributed by atoms with Gasteiger partial charge in [0, 0.05) is 17.0 Å². The zero-order valence-corrected chi connectivity index (χ0v) is 13.7. The van der Waals surface area contributed by atoms with E-state index in [-0.39, 0.29) is 0 Å². The molecule has 0 amide bonds. The number of aryl methyl sites for hydroxylation is 1. The molecule has 0 spiro atoms. The van der Waals surface area contributed by atoms with Crippen LogP contribution in [-0.4, -0.2) is 26.3 Å². The molecule has 3 rings (SSSR count). The summed E-state index contributed by atoms with van der Waals surface area (Å²) in [5, 5.41) is 0.862. The molecule has 0 aliphatic heterocycles. The van der Waals surface area contributed by atoms with Crippen molar-refractivity contribution in [1.29, 1.82) is 0 Å². The number of pyridine rings is 1. The summed E-state index contributed by atoms with van der Waals surface area (Å²) >= 11 is 0. The normalized spacial score (nSPS) is 10.6. The maximum atomic E-state index is 5.50. The topological polar surface area (TPSA) is 40.6 Å². The standard InChI is InChI=1S/C19H19NO3/c1-12-7-5-6-8-13(12)15-10-9-14-18(20-15)16(21-2)11-17(22-3)19(14)23-4/h5-11H,1-4H3. The van der Waals surface area contributed by atoms with E-state index in [9.17, 15) is 0 Å². The Bertz CT molecular complexity index is 859. The molecule has 0 radical (unpaired) electrons. The molecule has 4 nitrogen and oxygen atoms in total. The molecule has 118 valence electrons. The summed E-state index contributed by atoms with van der Waals surface area (Å²) < 4.78 is 16.4. The Morgan fingerprint density at radius 3 is 2.22 bits per heavy atom. The largest absolute Gasteiger partial charge is 0.494 e. The van der Waals surface area contributed by atoms with Gasteiger partial charge < -0.3 is 14.2 Å². The lowest BCUT2D eigenvalue weighted by molar-refractivity contribution is 0.353. The first kappa shape index (κ1) is 15.2. The molecule has 0 aliphatic rings.